The predicted octanol–water partition coefficient (Wildman–Crippen LogP) is 1.82. The quantitative estimate of drug-likeness (QED) is 0.302. The number of carbonyl (C=O) groups excluding carboxylic acids is 4. The molecule has 10 nitrogen and oxygen atoms in total. The minimum atomic E-state index is -1.23. The van der Waals surface area contributed by atoms with Gasteiger partial charge in [0, 0.05) is 5.56 Å². The lowest BCUT2D eigenvalue weighted by atomic mass is 10.0. The fraction of sp³-hybridized carbons (Fsp3) is 0.250. The number of aliphatic hydroxyl groups is 1. The third-order valence-electron chi connectivity index (χ3n) is 5.50. The van der Waals surface area contributed by atoms with E-state index in [1.807, 2.05) is 0 Å². The molecule has 2 aliphatic heterocycles. The van der Waals surface area contributed by atoms with Gasteiger partial charge >= 0.3 is 5.97 Å². The normalized spacial score (nSPS) is 19.7. The van der Waals surface area contributed by atoms with Crippen molar-refractivity contribution in [3.8, 4) is 5.75 Å². The highest BCUT2D eigenvalue weighted by molar-refractivity contribution is 8.00. The van der Waals surface area contributed by atoms with E-state index in [-0.39, 0.29) is 30.3 Å². The molecule has 11 heteroatoms. The van der Waals surface area contributed by atoms with Crippen LogP contribution in [0, 0.1) is 0 Å². The second-order valence-corrected chi connectivity index (χ2v) is 8.74. The predicted molar refractivity (Wildman–Crippen MR) is 124 cm³/mol. The SMILES string of the molecule is COc1ccc(COC(=O)C2=C(O)CS[C@H]3C(NC(=O)C(OC=O)c4ccccc4)C(=O)N23)cc1. The van der Waals surface area contributed by atoms with Crippen LogP contribution >= 0.6 is 11.8 Å². The molecule has 2 amide bonds. The van der Waals surface area contributed by atoms with Crippen molar-refractivity contribution in [2.24, 2.45) is 0 Å². The first kappa shape index (κ1) is 24.1. The Balaban J connectivity index is 1.42. The smallest absolute Gasteiger partial charge is 0.358 e. The summed E-state index contributed by atoms with van der Waals surface area (Å²) in [5, 5.41) is 12.3. The van der Waals surface area contributed by atoms with Gasteiger partial charge in [-0.2, -0.15) is 0 Å². The number of esters is 1. The van der Waals surface area contributed by atoms with Crippen molar-refractivity contribution in [2.45, 2.75) is 24.1 Å². The molecule has 0 bridgehead atoms. The Labute approximate surface area is 204 Å². The van der Waals surface area contributed by atoms with Gasteiger partial charge in [0.1, 0.15) is 29.5 Å². The summed E-state index contributed by atoms with van der Waals surface area (Å²) in [5.74, 6) is -1.69. The number of rotatable bonds is 9. The van der Waals surface area contributed by atoms with Gasteiger partial charge in [0.2, 0.25) is 6.10 Å². The van der Waals surface area contributed by atoms with Gasteiger partial charge in [0.05, 0.1) is 12.9 Å². The van der Waals surface area contributed by atoms with Gasteiger partial charge in [0.25, 0.3) is 18.3 Å². The first-order valence-corrected chi connectivity index (χ1v) is 11.6. The number of β-lactam (4-membered cyclic amide) rings is 1. The minimum Gasteiger partial charge on any atom is -0.509 e. The number of thioether (sulfide) groups is 1. The Bertz CT molecular complexity index is 1150. The zero-order valence-corrected chi connectivity index (χ0v) is 19.4. The van der Waals surface area contributed by atoms with Crippen LogP contribution in [-0.4, -0.2) is 58.5 Å². The lowest BCUT2D eigenvalue weighted by Crippen LogP contribution is -2.71. The molecular weight excluding hydrogens is 476 g/mol. The van der Waals surface area contributed by atoms with Gasteiger partial charge in [-0.15, -0.1) is 11.8 Å². The first-order valence-electron chi connectivity index (χ1n) is 10.6. The lowest BCUT2D eigenvalue weighted by molar-refractivity contribution is -0.156. The van der Waals surface area contributed by atoms with E-state index >= 15 is 0 Å². The summed E-state index contributed by atoms with van der Waals surface area (Å²) in [5.41, 5.74) is 0.891. The van der Waals surface area contributed by atoms with Gasteiger partial charge < -0.3 is 24.6 Å². The maximum absolute atomic E-state index is 12.9. The molecule has 2 N–H and O–H groups in total. The molecular formula is C24H22N2O8S. The van der Waals surface area contributed by atoms with Crippen molar-refractivity contribution in [3.05, 3.63) is 77.2 Å². The molecule has 1 saturated heterocycles. The van der Waals surface area contributed by atoms with Gasteiger partial charge in [-0.3, -0.25) is 19.3 Å². The number of methoxy groups -OCH3 is 1. The van der Waals surface area contributed by atoms with Crippen molar-refractivity contribution in [1.29, 1.82) is 0 Å². The van der Waals surface area contributed by atoms with Crippen LogP contribution in [0.25, 0.3) is 0 Å². The highest BCUT2D eigenvalue weighted by atomic mass is 32.2. The Kier molecular flexibility index (Phi) is 7.25. The molecule has 4 rings (SSSR count). The largest absolute Gasteiger partial charge is 0.509 e. The number of nitrogens with zero attached hydrogens (tertiary/aromatic N) is 1. The van der Waals surface area contributed by atoms with Crippen molar-refractivity contribution >= 4 is 36.0 Å². The van der Waals surface area contributed by atoms with Crippen LogP contribution in [0.15, 0.2) is 66.1 Å². The van der Waals surface area contributed by atoms with Gasteiger partial charge in [-0.1, -0.05) is 42.5 Å². The Morgan fingerprint density at radius 3 is 2.57 bits per heavy atom. The second-order valence-electron chi connectivity index (χ2n) is 7.64. The summed E-state index contributed by atoms with van der Waals surface area (Å²) >= 11 is 1.19. The van der Waals surface area contributed by atoms with Crippen molar-refractivity contribution in [3.63, 3.8) is 0 Å². The van der Waals surface area contributed by atoms with Crippen LogP contribution in [0.5, 0.6) is 5.75 Å². The maximum atomic E-state index is 12.9. The van der Waals surface area contributed by atoms with Crippen LogP contribution < -0.4 is 10.1 Å². The topological polar surface area (TPSA) is 131 Å². The fourth-order valence-electron chi connectivity index (χ4n) is 3.74. The molecule has 0 saturated carbocycles. The molecule has 1 fully saturated rings. The summed E-state index contributed by atoms with van der Waals surface area (Å²) in [6, 6.07) is 14.3. The van der Waals surface area contributed by atoms with Crippen molar-refractivity contribution in [1.82, 2.24) is 10.2 Å². The molecule has 2 unspecified atom stereocenters. The first-order chi connectivity index (χ1) is 16.9. The fourth-order valence-corrected chi connectivity index (χ4v) is 4.94. The molecule has 182 valence electrons. The summed E-state index contributed by atoms with van der Waals surface area (Å²) in [4.78, 5) is 50.5. The Hall–Kier alpha value is -3.99. The average molecular weight is 499 g/mol. The van der Waals surface area contributed by atoms with E-state index in [4.69, 9.17) is 14.2 Å². The molecule has 2 aromatic rings. The number of aliphatic hydroxyl groups excluding tert-OH is 1. The van der Waals surface area contributed by atoms with Gasteiger partial charge in [-0.25, -0.2) is 4.79 Å². The number of fused-ring (bicyclic) bond motifs is 1. The number of amides is 2. The summed E-state index contributed by atoms with van der Waals surface area (Å²) in [6.07, 6.45) is -1.23. The zero-order chi connectivity index (χ0) is 24.9. The molecule has 2 aromatic carbocycles. The summed E-state index contributed by atoms with van der Waals surface area (Å²) in [6.45, 7) is 0.0978. The third-order valence-corrected chi connectivity index (χ3v) is 6.76. The number of nitrogens with one attached hydrogen (secondary N) is 1. The van der Waals surface area contributed by atoms with E-state index in [2.05, 4.69) is 5.32 Å². The summed E-state index contributed by atoms with van der Waals surface area (Å²) < 4.78 is 15.3. The van der Waals surface area contributed by atoms with E-state index in [0.29, 0.717) is 16.9 Å². The monoisotopic (exact) mass is 498 g/mol. The number of carbonyl (C=O) groups is 4. The lowest BCUT2D eigenvalue weighted by Gasteiger charge is -2.48. The van der Waals surface area contributed by atoms with E-state index in [1.54, 1.807) is 61.7 Å². The number of hydrogen-bond donors (Lipinski definition) is 2. The van der Waals surface area contributed by atoms with Gasteiger partial charge in [-0.05, 0) is 17.7 Å². The molecule has 3 atom stereocenters. The molecule has 0 aromatic heterocycles. The van der Waals surface area contributed by atoms with E-state index in [0.717, 1.165) is 4.90 Å². The van der Waals surface area contributed by atoms with E-state index in [9.17, 15) is 24.3 Å². The molecule has 35 heavy (non-hydrogen) atoms. The molecule has 0 radical (unpaired) electrons. The standard InChI is InChI=1S/C24H22N2O8S/c1-32-16-9-7-14(8-10-16)11-33-24(31)19-17(28)12-35-23-18(22(30)26(19)23)25-21(29)20(34-13-27)15-5-3-2-4-6-15/h2-10,13,18,20,23,28H,11-12H2,1H3,(H,25,29)/t18?,20?,23-/m0/s1. The van der Waals surface area contributed by atoms with Crippen LogP contribution in [0.1, 0.15) is 17.2 Å². The highest BCUT2D eigenvalue weighted by Gasteiger charge is 2.55. The van der Waals surface area contributed by atoms with Crippen molar-refractivity contribution in [2.75, 3.05) is 12.9 Å². The van der Waals surface area contributed by atoms with Crippen LogP contribution in [0.2, 0.25) is 0 Å². The average Bonchev–Trinajstić information content (AvgIpc) is 2.89. The second kappa shape index (κ2) is 10.5. The third kappa shape index (κ3) is 4.94. The van der Waals surface area contributed by atoms with E-state index in [1.165, 1.54) is 11.8 Å². The summed E-state index contributed by atoms with van der Waals surface area (Å²) in [7, 11) is 1.54. The highest BCUT2D eigenvalue weighted by Crippen LogP contribution is 2.40. The number of ether oxygens (including phenoxy) is 3. The minimum absolute atomic E-state index is 0.0563. The van der Waals surface area contributed by atoms with Crippen LogP contribution in [0.3, 0.4) is 0 Å². The van der Waals surface area contributed by atoms with E-state index < -0.39 is 35.3 Å². The van der Waals surface area contributed by atoms with Crippen LogP contribution in [-0.2, 0) is 35.3 Å². The molecule has 0 spiro atoms. The molecule has 2 aliphatic rings. The zero-order valence-electron chi connectivity index (χ0n) is 18.6. The maximum Gasteiger partial charge on any atom is 0.358 e. The number of hydrogen-bond acceptors (Lipinski definition) is 9. The molecule has 0 aliphatic carbocycles. The van der Waals surface area contributed by atoms with Crippen LogP contribution in [0.4, 0.5) is 0 Å². The van der Waals surface area contributed by atoms with Gasteiger partial charge in [0.15, 0.2) is 5.70 Å². The van der Waals surface area contributed by atoms with Crippen molar-refractivity contribution < 1.29 is 38.5 Å². The number of benzene rings is 2. The Morgan fingerprint density at radius 2 is 1.91 bits per heavy atom. The Morgan fingerprint density at radius 1 is 1.20 bits per heavy atom. The molecule has 2 heterocycles.